The smallest absolute Gasteiger partial charge is 0.354 e. The Morgan fingerprint density at radius 2 is 2.30 bits per heavy atom. The van der Waals surface area contributed by atoms with Crippen LogP contribution < -0.4 is 5.32 Å². The van der Waals surface area contributed by atoms with Crippen molar-refractivity contribution in [2.75, 3.05) is 6.54 Å². The summed E-state index contributed by atoms with van der Waals surface area (Å²) in [5.74, 6) is -0.462. The van der Waals surface area contributed by atoms with Crippen LogP contribution in [-0.4, -0.2) is 32.6 Å². The number of hydrogen-bond donors (Lipinski definition) is 2. The molecule has 0 spiro atoms. The predicted octanol–water partition coefficient (Wildman–Crippen LogP) is 1.18. The molecule has 0 bridgehead atoms. The zero-order chi connectivity index (χ0) is 14.1. The average Bonchev–Trinajstić information content (AvgIpc) is 2.83. The zero-order valence-corrected chi connectivity index (χ0v) is 11.8. The van der Waals surface area contributed by atoms with E-state index >= 15 is 0 Å². The third-order valence-corrected chi connectivity index (χ3v) is 4.01. The summed E-state index contributed by atoms with van der Waals surface area (Å²) in [5, 5.41) is 15.5. The molecule has 0 unspecified atom stereocenters. The molecule has 0 radical (unpaired) electrons. The van der Waals surface area contributed by atoms with Gasteiger partial charge in [-0.05, 0) is 19.9 Å². The Morgan fingerprint density at radius 3 is 3.00 bits per heavy atom. The van der Waals surface area contributed by atoms with Crippen molar-refractivity contribution < 1.29 is 9.90 Å². The molecule has 1 aliphatic heterocycles. The van der Waals surface area contributed by atoms with E-state index in [9.17, 15) is 9.90 Å². The van der Waals surface area contributed by atoms with E-state index in [1.165, 1.54) is 0 Å². The highest BCUT2D eigenvalue weighted by Gasteiger charge is 2.21. The van der Waals surface area contributed by atoms with Crippen LogP contribution in [0.25, 0.3) is 0 Å². The molecule has 0 aromatic carbocycles. The van der Waals surface area contributed by atoms with Gasteiger partial charge in [-0.2, -0.15) is 0 Å². The summed E-state index contributed by atoms with van der Waals surface area (Å²) >= 11 is 1.57. The van der Waals surface area contributed by atoms with E-state index in [2.05, 4.69) is 20.3 Å². The van der Waals surface area contributed by atoms with Gasteiger partial charge in [-0.25, -0.2) is 19.7 Å². The van der Waals surface area contributed by atoms with Crippen molar-refractivity contribution in [3.8, 4) is 0 Å². The van der Waals surface area contributed by atoms with Gasteiger partial charge in [0.1, 0.15) is 5.82 Å². The highest BCUT2D eigenvalue weighted by molar-refractivity contribution is 7.09. The van der Waals surface area contributed by atoms with Gasteiger partial charge < -0.3 is 10.4 Å². The lowest BCUT2D eigenvalue weighted by atomic mass is 10.0. The van der Waals surface area contributed by atoms with Gasteiger partial charge in [-0.1, -0.05) is 0 Å². The molecule has 1 aliphatic rings. The number of nitrogens with one attached hydrogen (secondary N) is 1. The molecule has 2 aromatic heterocycles. The number of carbonyl (C=O) groups is 1. The molecule has 2 aromatic rings. The second-order valence-electron chi connectivity index (χ2n) is 4.68. The molecule has 0 saturated carbocycles. The van der Waals surface area contributed by atoms with Crippen LogP contribution in [-0.2, 0) is 19.4 Å². The molecular weight excluding hydrogens is 276 g/mol. The van der Waals surface area contributed by atoms with Gasteiger partial charge in [0.2, 0.25) is 0 Å². The fourth-order valence-electron chi connectivity index (χ4n) is 2.32. The summed E-state index contributed by atoms with van der Waals surface area (Å²) in [4.78, 5) is 24.4. The monoisotopic (exact) mass is 290 g/mol. The quantitative estimate of drug-likeness (QED) is 0.882. The number of nitrogens with zero attached hydrogens (tertiary/aromatic N) is 3. The summed E-state index contributed by atoms with van der Waals surface area (Å²) in [6, 6.07) is 0. The van der Waals surface area contributed by atoms with E-state index in [-0.39, 0.29) is 5.69 Å². The molecule has 20 heavy (non-hydrogen) atoms. The Labute approximate surface area is 119 Å². The molecule has 0 saturated heterocycles. The SMILES string of the molecule is Cc1nc(Cc2nc3c(c(C(=O)O)n2)CCNC3)cs1. The summed E-state index contributed by atoms with van der Waals surface area (Å²) < 4.78 is 0. The second-order valence-corrected chi connectivity index (χ2v) is 5.74. The van der Waals surface area contributed by atoms with Gasteiger partial charge in [-0.15, -0.1) is 11.3 Å². The van der Waals surface area contributed by atoms with Crippen LogP contribution in [0, 0.1) is 6.92 Å². The molecule has 0 atom stereocenters. The zero-order valence-electron chi connectivity index (χ0n) is 11.0. The minimum atomic E-state index is -0.985. The largest absolute Gasteiger partial charge is 0.477 e. The van der Waals surface area contributed by atoms with E-state index in [0.717, 1.165) is 28.5 Å². The Morgan fingerprint density at radius 1 is 1.45 bits per heavy atom. The lowest BCUT2D eigenvalue weighted by Gasteiger charge is -2.18. The van der Waals surface area contributed by atoms with Crippen molar-refractivity contribution in [1.29, 1.82) is 0 Å². The van der Waals surface area contributed by atoms with Crippen LogP contribution in [0.3, 0.4) is 0 Å². The van der Waals surface area contributed by atoms with Crippen LogP contribution in [0.1, 0.15) is 38.3 Å². The molecule has 6 nitrogen and oxygen atoms in total. The topological polar surface area (TPSA) is 88.0 Å². The summed E-state index contributed by atoms with van der Waals surface area (Å²) in [5.41, 5.74) is 2.58. The standard InChI is InChI=1S/C13H14N4O2S/c1-7-15-8(6-20-7)4-11-16-10-5-14-3-2-9(10)12(17-11)13(18)19/h6,14H,2-5H2,1H3,(H,18,19). The summed E-state index contributed by atoms with van der Waals surface area (Å²) in [7, 11) is 0. The maximum atomic E-state index is 11.4. The fourth-order valence-corrected chi connectivity index (χ4v) is 2.93. The van der Waals surface area contributed by atoms with Gasteiger partial charge >= 0.3 is 5.97 Å². The van der Waals surface area contributed by atoms with E-state index < -0.39 is 5.97 Å². The third kappa shape index (κ3) is 2.54. The average molecular weight is 290 g/mol. The molecule has 3 rings (SSSR count). The Hall–Kier alpha value is -1.86. The highest BCUT2D eigenvalue weighted by Crippen LogP contribution is 2.18. The Kier molecular flexibility index (Phi) is 3.45. The number of fused-ring (bicyclic) bond motifs is 1. The van der Waals surface area contributed by atoms with Crippen molar-refractivity contribution in [3.05, 3.63) is 38.9 Å². The van der Waals surface area contributed by atoms with Crippen LogP contribution in [0.15, 0.2) is 5.38 Å². The highest BCUT2D eigenvalue weighted by atomic mass is 32.1. The van der Waals surface area contributed by atoms with Crippen LogP contribution in [0.2, 0.25) is 0 Å². The molecular formula is C13H14N4O2S. The first kappa shape index (κ1) is 13.1. The first-order chi connectivity index (χ1) is 9.63. The minimum Gasteiger partial charge on any atom is -0.477 e. The molecule has 0 amide bonds. The number of carboxylic acid groups (broad SMARTS) is 1. The van der Waals surface area contributed by atoms with Crippen LogP contribution in [0.4, 0.5) is 0 Å². The van der Waals surface area contributed by atoms with Gasteiger partial charge in [-0.3, -0.25) is 0 Å². The second kappa shape index (κ2) is 5.26. The van der Waals surface area contributed by atoms with Crippen LogP contribution >= 0.6 is 11.3 Å². The van der Waals surface area contributed by atoms with Gasteiger partial charge in [0.05, 0.1) is 22.8 Å². The first-order valence-electron chi connectivity index (χ1n) is 6.37. The van der Waals surface area contributed by atoms with E-state index in [0.29, 0.717) is 25.2 Å². The number of aryl methyl sites for hydroxylation is 1. The first-order valence-corrected chi connectivity index (χ1v) is 7.25. The predicted molar refractivity (Wildman–Crippen MR) is 74.1 cm³/mol. The van der Waals surface area contributed by atoms with Gasteiger partial charge in [0.25, 0.3) is 0 Å². The van der Waals surface area contributed by atoms with Crippen molar-refractivity contribution in [1.82, 2.24) is 20.3 Å². The molecule has 0 aliphatic carbocycles. The lowest BCUT2D eigenvalue weighted by Crippen LogP contribution is -2.28. The molecule has 7 heteroatoms. The van der Waals surface area contributed by atoms with E-state index in [1.54, 1.807) is 11.3 Å². The number of aromatic carboxylic acids is 1. The Balaban J connectivity index is 1.99. The third-order valence-electron chi connectivity index (χ3n) is 3.19. The summed E-state index contributed by atoms with van der Waals surface area (Å²) in [6.07, 6.45) is 1.13. The summed E-state index contributed by atoms with van der Waals surface area (Å²) in [6.45, 7) is 3.30. The van der Waals surface area contributed by atoms with E-state index in [1.807, 2.05) is 12.3 Å². The maximum absolute atomic E-state index is 11.4. The van der Waals surface area contributed by atoms with Gasteiger partial charge in [0, 0.05) is 17.5 Å². The molecule has 104 valence electrons. The van der Waals surface area contributed by atoms with Crippen molar-refractivity contribution >= 4 is 17.3 Å². The normalized spacial score (nSPS) is 14.1. The Bertz CT molecular complexity index is 668. The number of thiazole rings is 1. The molecule has 0 fully saturated rings. The fraction of sp³-hybridized carbons (Fsp3) is 0.385. The van der Waals surface area contributed by atoms with Crippen molar-refractivity contribution in [2.45, 2.75) is 26.3 Å². The van der Waals surface area contributed by atoms with Gasteiger partial charge in [0.15, 0.2) is 5.69 Å². The van der Waals surface area contributed by atoms with Crippen molar-refractivity contribution in [2.24, 2.45) is 0 Å². The minimum absolute atomic E-state index is 0.137. The number of aromatic nitrogens is 3. The molecule has 3 heterocycles. The lowest BCUT2D eigenvalue weighted by molar-refractivity contribution is 0.0688. The van der Waals surface area contributed by atoms with Crippen LogP contribution in [0.5, 0.6) is 0 Å². The van der Waals surface area contributed by atoms with E-state index in [4.69, 9.17) is 0 Å². The molecule has 2 N–H and O–H groups in total. The van der Waals surface area contributed by atoms with Crippen molar-refractivity contribution in [3.63, 3.8) is 0 Å². The number of carboxylic acids is 1. The number of rotatable bonds is 3. The maximum Gasteiger partial charge on any atom is 0.354 e. The number of hydrogen-bond acceptors (Lipinski definition) is 6.